The molecule has 1 aliphatic heterocycles. The Balaban J connectivity index is 1.82. The minimum absolute atomic E-state index is 0.166. The molecule has 104 valence electrons. The molecule has 1 saturated heterocycles. The number of carbonyl (C=O) groups excluding carboxylic acids is 1. The Bertz CT molecular complexity index is 428. The first-order valence-electron chi connectivity index (χ1n) is 6.61. The summed E-state index contributed by atoms with van der Waals surface area (Å²) in [5.74, 6) is 0.472. The third-order valence-corrected chi connectivity index (χ3v) is 3.37. The summed E-state index contributed by atoms with van der Waals surface area (Å²) in [5.41, 5.74) is 1.11. The molecule has 0 unspecified atom stereocenters. The van der Waals surface area contributed by atoms with Gasteiger partial charge in [-0.3, -0.25) is 9.69 Å². The van der Waals surface area contributed by atoms with E-state index in [4.69, 9.17) is 0 Å². The number of carbonyl (C=O) groups is 1. The molecule has 0 radical (unpaired) electrons. The second-order valence-electron chi connectivity index (χ2n) is 4.86. The van der Waals surface area contributed by atoms with Crippen molar-refractivity contribution in [2.24, 2.45) is 0 Å². The average molecular weight is 263 g/mol. The minimum Gasteiger partial charge on any atom is -0.508 e. The van der Waals surface area contributed by atoms with Crippen LogP contribution in [-0.2, 0) is 11.3 Å². The molecule has 1 aromatic rings. The molecule has 1 amide bonds. The van der Waals surface area contributed by atoms with Gasteiger partial charge < -0.3 is 15.3 Å². The van der Waals surface area contributed by atoms with Gasteiger partial charge in [-0.15, -0.1) is 0 Å². The molecule has 1 heterocycles. The second kappa shape index (κ2) is 6.54. The fourth-order valence-electron chi connectivity index (χ4n) is 2.33. The standard InChI is InChI=1S/C14H21N3O2/c1-15-10-14(19)17-7-5-16(6-8-17)11-12-3-2-4-13(18)9-12/h2-4,9,15,18H,5-8,10-11H2,1H3. The van der Waals surface area contributed by atoms with Gasteiger partial charge in [0, 0.05) is 32.7 Å². The zero-order chi connectivity index (χ0) is 13.7. The largest absolute Gasteiger partial charge is 0.508 e. The maximum Gasteiger partial charge on any atom is 0.236 e. The summed E-state index contributed by atoms with van der Waals surface area (Å²) >= 11 is 0. The average Bonchev–Trinajstić information content (AvgIpc) is 2.40. The number of phenols is 1. The van der Waals surface area contributed by atoms with Crippen LogP contribution in [0.25, 0.3) is 0 Å². The van der Waals surface area contributed by atoms with Gasteiger partial charge in [0.1, 0.15) is 5.75 Å². The molecule has 0 saturated carbocycles. The van der Waals surface area contributed by atoms with E-state index in [0.717, 1.165) is 38.3 Å². The number of amides is 1. The van der Waals surface area contributed by atoms with Gasteiger partial charge >= 0.3 is 0 Å². The molecular weight excluding hydrogens is 242 g/mol. The van der Waals surface area contributed by atoms with E-state index in [1.165, 1.54) is 0 Å². The Kier molecular flexibility index (Phi) is 4.76. The molecule has 1 aromatic carbocycles. The van der Waals surface area contributed by atoms with E-state index in [0.29, 0.717) is 12.3 Å². The van der Waals surface area contributed by atoms with Crippen molar-refractivity contribution in [2.75, 3.05) is 39.8 Å². The van der Waals surface area contributed by atoms with E-state index < -0.39 is 0 Å². The quantitative estimate of drug-likeness (QED) is 0.818. The van der Waals surface area contributed by atoms with Gasteiger partial charge in [-0.25, -0.2) is 0 Å². The number of nitrogens with one attached hydrogen (secondary N) is 1. The first-order valence-corrected chi connectivity index (χ1v) is 6.61. The lowest BCUT2D eigenvalue weighted by Gasteiger charge is -2.34. The van der Waals surface area contributed by atoms with Gasteiger partial charge in [0.25, 0.3) is 0 Å². The van der Waals surface area contributed by atoms with Crippen LogP contribution in [0.4, 0.5) is 0 Å². The van der Waals surface area contributed by atoms with Crippen molar-refractivity contribution in [1.29, 1.82) is 0 Å². The van der Waals surface area contributed by atoms with Crippen molar-refractivity contribution in [2.45, 2.75) is 6.54 Å². The molecule has 5 heteroatoms. The van der Waals surface area contributed by atoms with Crippen LogP contribution in [0.15, 0.2) is 24.3 Å². The Labute approximate surface area is 113 Å². The predicted molar refractivity (Wildman–Crippen MR) is 73.9 cm³/mol. The number of likely N-dealkylation sites (N-methyl/N-ethyl adjacent to an activating group) is 1. The van der Waals surface area contributed by atoms with E-state index >= 15 is 0 Å². The summed E-state index contributed by atoms with van der Waals surface area (Å²) in [5, 5.41) is 12.3. The summed E-state index contributed by atoms with van der Waals surface area (Å²) in [4.78, 5) is 15.9. The molecule has 0 aromatic heterocycles. The first-order chi connectivity index (χ1) is 9.19. The highest BCUT2D eigenvalue weighted by Gasteiger charge is 2.20. The maximum absolute atomic E-state index is 11.7. The number of aromatic hydroxyl groups is 1. The summed E-state index contributed by atoms with van der Waals surface area (Å²) < 4.78 is 0. The predicted octanol–water partition coefficient (Wildman–Crippen LogP) is 0.256. The molecule has 0 atom stereocenters. The Morgan fingerprint density at radius 2 is 2.05 bits per heavy atom. The van der Waals surface area contributed by atoms with E-state index in [2.05, 4.69) is 10.2 Å². The number of hydrogen-bond acceptors (Lipinski definition) is 4. The lowest BCUT2D eigenvalue weighted by Crippen LogP contribution is -2.50. The number of nitrogens with zero attached hydrogens (tertiary/aromatic N) is 2. The van der Waals surface area contributed by atoms with Crippen LogP contribution < -0.4 is 5.32 Å². The fourth-order valence-corrected chi connectivity index (χ4v) is 2.33. The fraction of sp³-hybridized carbons (Fsp3) is 0.500. The molecule has 0 aliphatic carbocycles. The number of rotatable bonds is 4. The van der Waals surface area contributed by atoms with Crippen LogP contribution in [0, 0.1) is 0 Å². The molecule has 0 bridgehead atoms. The molecule has 2 N–H and O–H groups in total. The van der Waals surface area contributed by atoms with Gasteiger partial charge in [-0.1, -0.05) is 12.1 Å². The zero-order valence-corrected chi connectivity index (χ0v) is 11.3. The summed E-state index contributed by atoms with van der Waals surface area (Å²) in [7, 11) is 1.79. The Hall–Kier alpha value is -1.59. The lowest BCUT2D eigenvalue weighted by molar-refractivity contribution is -0.131. The van der Waals surface area contributed by atoms with E-state index in [1.54, 1.807) is 19.2 Å². The van der Waals surface area contributed by atoms with E-state index in [-0.39, 0.29) is 5.91 Å². The third kappa shape index (κ3) is 3.94. The van der Waals surface area contributed by atoms with Gasteiger partial charge in [0.05, 0.1) is 6.54 Å². The normalized spacial score (nSPS) is 16.6. The minimum atomic E-state index is 0.166. The van der Waals surface area contributed by atoms with E-state index in [9.17, 15) is 9.90 Å². The smallest absolute Gasteiger partial charge is 0.236 e. The number of phenolic OH excluding ortho intramolecular Hbond substituents is 1. The molecular formula is C14H21N3O2. The third-order valence-electron chi connectivity index (χ3n) is 3.37. The van der Waals surface area contributed by atoms with E-state index in [1.807, 2.05) is 17.0 Å². The van der Waals surface area contributed by atoms with Crippen LogP contribution >= 0.6 is 0 Å². The molecule has 0 spiro atoms. The highest BCUT2D eigenvalue weighted by atomic mass is 16.3. The van der Waals surface area contributed by atoms with Crippen molar-refractivity contribution in [1.82, 2.24) is 15.1 Å². The van der Waals surface area contributed by atoms with Crippen LogP contribution in [0.5, 0.6) is 5.75 Å². The van der Waals surface area contributed by atoms with Crippen molar-refractivity contribution in [3.8, 4) is 5.75 Å². The Morgan fingerprint density at radius 1 is 1.32 bits per heavy atom. The summed E-state index contributed by atoms with van der Waals surface area (Å²) in [6.45, 7) is 4.55. The molecule has 5 nitrogen and oxygen atoms in total. The van der Waals surface area contributed by atoms with Crippen LogP contribution in [0.3, 0.4) is 0 Å². The van der Waals surface area contributed by atoms with Crippen molar-refractivity contribution in [3.05, 3.63) is 29.8 Å². The molecule has 1 fully saturated rings. The number of hydrogen-bond donors (Lipinski definition) is 2. The van der Waals surface area contributed by atoms with Gasteiger partial charge in [0.15, 0.2) is 0 Å². The summed E-state index contributed by atoms with van der Waals surface area (Å²) in [6.07, 6.45) is 0. The molecule has 2 rings (SSSR count). The SMILES string of the molecule is CNCC(=O)N1CCN(Cc2cccc(O)c2)CC1. The van der Waals surface area contributed by atoms with Crippen molar-refractivity contribution in [3.63, 3.8) is 0 Å². The molecule has 19 heavy (non-hydrogen) atoms. The van der Waals surface area contributed by atoms with Crippen LogP contribution in [0.2, 0.25) is 0 Å². The lowest BCUT2D eigenvalue weighted by atomic mass is 10.2. The first kappa shape index (κ1) is 13.8. The van der Waals surface area contributed by atoms with Crippen LogP contribution in [-0.4, -0.2) is 60.6 Å². The van der Waals surface area contributed by atoms with Gasteiger partial charge in [-0.2, -0.15) is 0 Å². The van der Waals surface area contributed by atoms with Crippen LogP contribution in [0.1, 0.15) is 5.56 Å². The second-order valence-corrected chi connectivity index (χ2v) is 4.86. The highest BCUT2D eigenvalue weighted by Crippen LogP contribution is 2.14. The number of benzene rings is 1. The zero-order valence-electron chi connectivity index (χ0n) is 11.3. The highest BCUT2D eigenvalue weighted by molar-refractivity contribution is 5.78. The monoisotopic (exact) mass is 263 g/mol. The van der Waals surface area contributed by atoms with Gasteiger partial charge in [0.2, 0.25) is 5.91 Å². The number of piperazine rings is 1. The van der Waals surface area contributed by atoms with Gasteiger partial charge in [-0.05, 0) is 24.7 Å². The van der Waals surface area contributed by atoms with Crippen molar-refractivity contribution < 1.29 is 9.90 Å². The molecule has 1 aliphatic rings. The summed E-state index contributed by atoms with van der Waals surface area (Å²) in [6, 6.07) is 7.34. The Morgan fingerprint density at radius 3 is 2.68 bits per heavy atom. The maximum atomic E-state index is 11.7. The topological polar surface area (TPSA) is 55.8 Å². The van der Waals surface area contributed by atoms with Crippen molar-refractivity contribution >= 4 is 5.91 Å².